The maximum atomic E-state index is 13.4. The standard InChI is InChI=1S/C32H43N5O7/c1-21(34)30(40)37-29(18-24-9-5-4-6-10-24)32(42)36-28(11-7-8-16-33)31(41)35-27-14-12-25(13-15-27)17-26(19-43-22(2)38)20-44-23(3)39/h4-6,9-10,12-15,17,21,28-29H,7-8,11,16,18-20,33-34H2,1-3H3,(H,35,41)(H,36,42)(H,37,40)/t21-,28+,29+/m1/s1. The van der Waals surface area contributed by atoms with Gasteiger partial charge in [0.2, 0.25) is 17.7 Å². The Hall–Kier alpha value is -4.55. The van der Waals surface area contributed by atoms with E-state index in [-0.39, 0.29) is 19.6 Å². The van der Waals surface area contributed by atoms with E-state index in [2.05, 4.69) is 16.0 Å². The molecule has 0 bridgehead atoms. The number of nitrogens with two attached hydrogens (primary N) is 2. The van der Waals surface area contributed by atoms with Gasteiger partial charge < -0.3 is 36.9 Å². The summed E-state index contributed by atoms with van der Waals surface area (Å²) >= 11 is 0. The smallest absolute Gasteiger partial charge is 0.302 e. The van der Waals surface area contributed by atoms with Gasteiger partial charge in [-0.2, -0.15) is 0 Å². The topological polar surface area (TPSA) is 192 Å². The summed E-state index contributed by atoms with van der Waals surface area (Å²) in [6.07, 6.45) is 3.54. The molecular weight excluding hydrogens is 566 g/mol. The van der Waals surface area contributed by atoms with Gasteiger partial charge >= 0.3 is 11.9 Å². The number of rotatable bonds is 17. The van der Waals surface area contributed by atoms with E-state index in [1.165, 1.54) is 20.8 Å². The molecule has 7 N–H and O–H groups in total. The average molecular weight is 610 g/mol. The van der Waals surface area contributed by atoms with Crippen molar-refractivity contribution in [3.05, 3.63) is 71.3 Å². The van der Waals surface area contributed by atoms with E-state index in [4.69, 9.17) is 20.9 Å². The quantitative estimate of drug-likeness (QED) is 0.131. The molecule has 0 unspecified atom stereocenters. The van der Waals surface area contributed by atoms with Crippen LogP contribution in [0.3, 0.4) is 0 Å². The molecule has 0 radical (unpaired) electrons. The molecule has 0 spiro atoms. The predicted molar refractivity (Wildman–Crippen MR) is 167 cm³/mol. The minimum Gasteiger partial charge on any atom is -0.461 e. The lowest BCUT2D eigenvalue weighted by molar-refractivity contribution is -0.141. The third-order valence-electron chi connectivity index (χ3n) is 6.38. The Balaban J connectivity index is 2.18. The van der Waals surface area contributed by atoms with Crippen molar-refractivity contribution in [3.8, 4) is 0 Å². The van der Waals surface area contributed by atoms with E-state index >= 15 is 0 Å². The van der Waals surface area contributed by atoms with Crippen molar-refractivity contribution in [2.24, 2.45) is 11.5 Å². The SMILES string of the molecule is CC(=O)OCC(=Cc1ccc(NC(=O)[C@H](CCCCN)NC(=O)[C@H](Cc2ccccc2)NC(=O)[C@@H](C)N)cc1)COC(C)=O. The molecule has 238 valence electrons. The molecule has 0 aliphatic heterocycles. The number of carbonyl (C=O) groups is 5. The maximum absolute atomic E-state index is 13.4. The van der Waals surface area contributed by atoms with Crippen LogP contribution in [0.15, 0.2) is 60.2 Å². The van der Waals surface area contributed by atoms with E-state index < -0.39 is 47.8 Å². The number of carbonyl (C=O) groups excluding carboxylic acids is 5. The lowest BCUT2D eigenvalue weighted by atomic mass is 10.0. The van der Waals surface area contributed by atoms with Crippen LogP contribution in [0, 0.1) is 0 Å². The number of esters is 2. The fraction of sp³-hybridized carbons (Fsp3) is 0.406. The van der Waals surface area contributed by atoms with Gasteiger partial charge in [0.15, 0.2) is 0 Å². The van der Waals surface area contributed by atoms with Crippen molar-refractivity contribution in [3.63, 3.8) is 0 Å². The number of hydrogen-bond donors (Lipinski definition) is 5. The summed E-state index contributed by atoms with van der Waals surface area (Å²) < 4.78 is 10.1. The van der Waals surface area contributed by atoms with Crippen molar-refractivity contribution in [1.82, 2.24) is 10.6 Å². The zero-order chi connectivity index (χ0) is 32.5. The Morgan fingerprint density at radius 1 is 0.795 bits per heavy atom. The van der Waals surface area contributed by atoms with Crippen LogP contribution in [0.4, 0.5) is 5.69 Å². The molecule has 0 fully saturated rings. The molecule has 44 heavy (non-hydrogen) atoms. The molecule has 0 aliphatic carbocycles. The van der Waals surface area contributed by atoms with Crippen LogP contribution in [0.25, 0.3) is 6.08 Å². The lowest BCUT2D eigenvalue weighted by Crippen LogP contribution is -2.55. The molecule has 0 aromatic heterocycles. The molecule has 0 saturated heterocycles. The highest BCUT2D eigenvalue weighted by Gasteiger charge is 2.27. The molecular formula is C32H43N5O7. The highest BCUT2D eigenvalue weighted by atomic mass is 16.5. The zero-order valence-electron chi connectivity index (χ0n) is 25.5. The first-order chi connectivity index (χ1) is 21.0. The van der Waals surface area contributed by atoms with Gasteiger partial charge in [-0.05, 0) is 62.1 Å². The molecule has 0 heterocycles. The van der Waals surface area contributed by atoms with Crippen molar-refractivity contribution in [1.29, 1.82) is 0 Å². The Morgan fingerprint density at radius 3 is 1.93 bits per heavy atom. The van der Waals surface area contributed by atoms with Crippen LogP contribution < -0.4 is 27.4 Å². The number of amides is 3. The van der Waals surface area contributed by atoms with Gasteiger partial charge in [0.25, 0.3) is 0 Å². The number of nitrogens with one attached hydrogen (secondary N) is 3. The zero-order valence-corrected chi connectivity index (χ0v) is 25.5. The predicted octanol–water partition coefficient (Wildman–Crippen LogP) is 1.82. The third kappa shape index (κ3) is 13.6. The molecule has 3 atom stereocenters. The summed E-state index contributed by atoms with van der Waals surface area (Å²) in [4.78, 5) is 61.6. The highest BCUT2D eigenvalue weighted by Crippen LogP contribution is 2.15. The van der Waals surface area contributed by atoms with Crippen LogP contribution >= 0.6 is 0 Å². The van der Waals surface area contributed by atoms with Gasteiger partial charge in [0, 0.05) is 31.5 Å². The normalized spacial score (nSPS) is 12.6. The molecule has 2 rings (SSSR count). The van der Waals surface area contributed by atoms with E-state index in [1.54, 1.807) is 30.3 Å². The minimum atomic E-state index is -0.945. The first kappa shape index (κ1) is 35.6. The van der Waals surface area contributed by atoms with Crippen molar-refractivity contribution < 1.29 is 33.4 Å². The lowest BCUT2D eigenvalue weighted by Gasteiger charge is -2.24. The molecule has 0 saturated carbocycles. The van der Waals surface area contributed by atoms with Gasteiger partial charge in [-0.3, -0.25) is 24.0 Å². The van der Waals surface area contributed by atoms with Gasteiger partial charge in [-0.1, -0.05) is 42.5 Å². The Morgan fingerprint density at radius 2 is 1.39 bits per heavy atom. The second-order valence-electron chi connectivity index (χ2n) is 10.4. The second kappa shape index (κ2) is 18.9. The van der Waals surface area contributed by atoms with Crippen molar-refractivity contribution in [2.45, 2.75) is 64.6 Å². The minimum absolute atomic E-state index is 0.0405. The number of ether oxygens (including phenoxy) is 2. The molecule has 12 nitrogen and oxygen atoms in total. The van der Waals surface area contributed by atoms with E-state index in [1.807, 2.05) is 30.3 Å². The van der Waals surface area contributed by atoms with Crippen LogP contribution in [0.1, 0.15) is 51.2 Å². The summed E-state index contributed by atoms with van der Waals surface area (Å²) in [7, 11) is 0. The van der Waals surface area contributed by atoms with Gasteiger partial charge in [-0.25, -0.2) is 0 Å². The van der Waals surface area contributed by atoms with Crippen LogP contribution in [-0.4, -0.2) is 67.5 Å². The largest absolute Gasteiger partial charge is 0.461 e. The Kier molecular flexibility index (Phi) is 15.3. The average Bonchev–Trinajstić information content (AvgIpc) is 2.98. The fourth-order valence-corrected chi connectivity index (χ4v) is 4.04. The molecule has 3 amide bonds. The molecule has 2 aromatic carbocycles. The number of unbranched alkanes of at least 4 members (excludes halogenated alkanes) is 1. The molecule has 0 aliphatic rings. The summed E-state index contributed by atoms with van der Waals surface area (Å²) in [5.74, 6) is -2.35. The second-order valence-corrected chi connectivity index (χ2v) is 10.4. The molecule has 2 aromatic rings. The Labute approximate surface area is 257 Å². The highest BCUT2D eigenvalue weighted by molar-refractivity contribution is 5.98. The van der Waals surface area contributed by atoms with Crippen LogP contribution in [0.5, 0.6) is 0 Å². The Bertz CT molecular complexity index is 1260. The first-order valence-corrected chi connectivity index (χ1v) is 14.5. The van der Waals surface area contributed by atoms with E-state index in [0.29, 0.717) is 37.1 Å². The van der Waals surface area contributed by atoms with Gasteiger partial charge in [-0.15, -0.1) is 0 Å². The maximum Gasteiger partial charge on any atom is 0.302 e. The van der Waals surface area contributed by atoms with Crippen molar-refractivity contribution in [2.75, 3.05) is 25.1 Å². The van der Waals surface area contributed by atoms with Crippen molar-refractivity contribution >= 4 is 41.4 Å². The number of benzene rings is 2. The summed E-state index contributed by atoms with van der Waals surface area (Å²) in [5.41, 5.74) is 14.0. The monoisotopic (exact) mass is 609 g/mol. The summed E-state index contributed by atoms with van der Waals surface area (Å²) in [6, 6.07) is 13.4. The van der Waals surface area contributed by atoms with Crippen LogP contribution in [-0.2, 0) is 39.9 Å². The first-order valence-electron chi connectivity index (χ1n) is 14.5. The summed E-state index contributed by atoms with van der Waals surface area (Å²) in [5, 5.41) is 8.33. The van der Waals surface area contributed by atoms with Crippen LogP contribution in [0.2, 0.25) is 0 Å². The van der Waals surface area contributed by atoms with Gasteiger partial charge in [0.1, 0.15) is 25.3 Å². The van der Waals surface area contributed by atoms with Gasteiger partial charge in [0.05, 0.1) is 6.04 Å². The summed E-state index contributed by atoms with van der Waals surface area (Å²) in [6.45, 7) is 4.45. The van der Waals surface area contributed by atoms with E-state index in [9.17, 15) is 24.0 Å². The number of anilines is 1. The van der Waals surface area contributed by atoms with E-state index in [0.717, 1.165) is 11.1 Å². The third-order valence-corrected chi connectivity index (χ3v) is 6.38. The number of hydrogen-bond acceptors (Lipinski definition) is 9. The molecule has 12 heteroatoms. The fourth-order valence-electron chi connectivity index (χ4n) is 4.04.